The fourth-order valence-corrected chi connectivity index (χ4v) is 3.49. The van der Waals surface area contributed by atoms with Crippen LogP contribution < -0.4 is 19.5 Å². The summed E-state index contributed by atoms with van der Waals surface area (Å²) in [6.45, 7) is 1.81. The molecule has 0 spiro atoms. The molecule has 0 aliphatic rings. The van der Waals surface area contributed by atoms with Gasteiger partial charge in [-0.05, 0) is 41.5 Å². The Morgan fingerprint density at radius 1 is 0.862 bits per heavy atom. The van der Waals surface area contributed by atoms with E-state index in [2.05, 4.69) is 21.2 Å². The van der Waals surface area contributed by atoms with Crippen LogP contribution in [0.25, 0.3) is 0 Å². The van der Waals surface area contributed by atoms with Crippen molar-refractivity contribution >= 4 is 27.5 Å². The van der Waals surface area contributed by atoms with Gasteiger partial charge in [0.15, 0.2) is 11.5 Å². The van der Waals surface area contributed by atoms with Gasteiger partial charge in [-0.3, -0.25) is 0 Å². The number of benzene rings is 3. The first kappa shape index (κ1) is 21.5. The fourth-order valence-electron chi connectivity index (χ4n) is 2.84. The van der Waals surface area contributed by atoms with Crippen LogP contribution in [0.15, 0.2) is 65.1 Å². The van der Waals surface area contributed by atoms with Crippen molar-refractivity contribution in [2.75, 3.05) is 14.2 Å². The zero-order valence-corrected chi connectivity index (χ0v) is 18.7. The number of hydrogen-bond donors (Lipinski definition) is 1. The molecule has 0 unspecified atom stereocenters. The Hall–Kier alpha value is -2.21. The Kier molecular flexibility index (Phi) is 7.81. The molecular weight excluding hydrogens is 454 g/mol. The molecule has 0 saturated carbocycles. The summed E-state index contributed by atoms with van der Waals surface area (Å²) in [6, 6.07) is 19.6. The van der Waals surface area contributed by atoms with E-state index in [1.54, 1.807) is 14.2 Å². The number of rotatable bonds is 9. The molecule has 0 atom stereocenters. The molecule has 0 amide bonds. The molecule has 3 aromatic carbocycles. The van der Waals surface area contributed by atoms with E-state index in [4.69, 9.17) is 25.8 Å². The molecule has 0 bridgehead atoms. The highest BCUT2D eigenvalue weighted by Crippen LogP contribution is 2.34. The molecule has 4 nitrogen and oxygen atoms in total. The van der Waals surface area contributed by atoms with Crippen LogP contribution in [-0.2, 0) is 19.7 Å². The second-order valence-electron chi connectivity index (χ2n) is 6.43. The summed E-state index contributed by atoms with van der Waals surface area (Å²) in [5.74, 6) is 2.20. The summed E-state index contributed by atoms with van der Waals surface area (Å²) >= 11 is 9.85. The molecule has 0 radical (unpaired) electrons. The van der Waals surface area contributed by atoms with E-state index in [1.807, 2.05) is 60.7 Å². The molecule has 3 aromatic rings. The molecular formula is C23H23BrClNO3. The van der Waals surface area contributed by atoms with E-state index in [9.17, 15) is 0 Å². The van der Waals surface area contributed by atoms with Gasteiger partial charge in [-0.1, -0.05) is 57.9 Å². The lowest BCUT2D eigenvalue weighted by molar-refractivity contribution is 0.284. The molecule has 0 saturated heterocycles. The zero-order valence-electron chi connectivity index (χ0n) is 16.4. The van der Waals surface area contributed by atoms with E-state index in [-0.39, 0.29) is 0 Å². The number of halogens is 2. The second-order valence-corrected chi connectivity index (χ2v) is 7.69. The Morgan fingerprint density at radius 2 is 1.62 bits per heavy atom. The fraction of sp³-hybridized carbons (Fsp3) is 0.217. The van der Waals surface area contributed by atoms with Gasteiger partial charge in [-0.2, -0.15) is 0 Å². The summed E-state index contributed by atoms with van der Waals surface area (Å²) in [7, 11) is 3.31. The lowest BCUT2D eigenvalue weighted by atomic mass is 10.1. The zero-order chi connectivity index (χ0) is 20.6. The highest BCUT2D eigenvalue weighted by Gasteiger charge is 2.11. The van der Waals surface area contributed by atoms with Gasteiger partial charge in [0.1, 0.15) is 12.4 Å². The van der Waals surface area contributed by atoms with Gasteiger partial charge in [-0.25, -0.2) is 0 Å². The standard InChI is InChI=1S/C23H23BrClNO3/c1-27-19-9-7-16(8-10-19)13-26-14-18-11-22(28-2)23(12-20(18)24)29-15-17-5-3-4-6-21(17)25/h3-12,26H,13-15H2,1-2H3. The Labute approximate surface area is 184 Å². The number of hydrogen-bond acceptors (Lipinski definition) is 4. The highest BCUT2D eigenvalue weighted by atomic mass is 79.9. The lowest BCUT2D eigenvalue weighted by Gasteiger charge is -2.15. The van der Waals surface area contributed by atoms with Gasteiger partial charge < -0.3 is 19.5 Å². The minimum atomic E-state index is 0.373. The van der Waals surface area contributed by atoms with E-state index >= 15 is 0 Å². The summed E-state index contributed by atoms with van der Waals surface area (Å²) < 4.78 is 17.6. The summed E-state index contributed by atoms with van der Waals surface area (Å²) in [4.78, 5) is 0. The van der Waals surface area contributed by atoms with E-state index in [0.717, 1.165) is 27.9 Å². The van der Waals surface area contributed by atoms with Crippen LogP contribution in [0.5, 0.6) is 17.2 Å². The molecule has 3 rings (SSSR count). The summed E-state index contributed by atoms with van der Waals surface area (Å²) in [6.07, 6.45) is 0. The largest absolute Gasteiger partial charge is 0.497 e. The predicted molar refractivity (Wildman–Crippen MR) is 120 cm³/mol. The van der Waals surface area contributed by atoms with Crippen molar-refractivity contribution in [3.63, 3.8) is 0 Å². The lowest BCUT2D eigenvalue weighted by Crippen LogP contribution is -2.13. The average molecular weight is 477 g/mol. The molecule has 1 N–H and O–H groups in total. The van der Waals surface area contributed by atoms with Gasteiger partial charge in [0.05, 0.1) is 14.2 Å². The SMILES string of the molecule is COc1ccc(CNCc2cc(OC)c(OCc3ccccc3Cl)cc2Br)cc1. The molecule has 29 heavy (non-hydrogen) atoms. The van der Waals surface area contributed by atoms with Crippen LogP contribution in [0.3, 0.4) is 0 Å². The summed E-state index contributed by atoms with van der Waals surface area (Å²) in [5, 5.41) is 4.13. The van der Waals surface area contributed by atoms with Crippen LogP contribution in [0, 0.1) is 0 Å². The van der Waals surface area contributed by atoms with Gasteiger partial charge in [-0.15, -0.1) is 0 Å². The maximum absolute atomic E-state index is 6.21. The monoisotopic (exact) mass is 475 g/mol. The predicted octanol–water partition coefficient (Wildman–Crippen LogP) is 5.99. The van der Waals surface area contributed by atoms with Crippen molar-refractivity contribution < 1.29 is 14.2 Å². The number of methoxy groups -OCH3 is 2. The van der Waals surface area contributed by atoms with Gasteiger partial charge in [0, 0.05) is 28.1 Å². The van der Waals surface area contributed by atoms with Crippen molar-refractivity contribution in [3.05, 3.63) is 86.8 Å². The van der Waals surface area contributed by atoms with Gasteiger partial charge >= 0.3 is 0 Å². The molecule has 0 aliphatic carbocycles. The molecule has 0 aromatic heterocycles. The molecule has 0 aliphatic heterocycles. The minimum Gasteiger partial charge on any atom is -0.497 e. The average Bonchev–Trinajstić information content (AvgIpc) is 2.75. The Bertz CT molecular complexity index is 947. The molecule has 6 heteroatoms. The summed E-state index contributed by atoms with van der Waals surface area (Å²) in [5.41, 5.74) is 3.20. The number of ether oxygens (including phenoxy) is 3. The van der Waals surface area contributed by atoms with E-state index in [0.29, 0.717) is 29.7 Å². The van der Waals surface area contributed by atoms with Crippen molar-refractivity contribution in [1.29, 1.82) is 0 Å². The van der Waals surface area contributed by atoms with Crippen molar-refractivity contribution in [2.45, 2.75) is 19.7 Å². The van der Waals surface area contributed by atoms with Crippen LogP contribution in [-0.4, -0.2) is 14.2 Å². The third-order valence-electron chi connectivity index (χ3n) is 4.48. The maximum Gasteiger partial charge on any atom is 0.162 e. The minimum absolute atomic E-state index is 0.373. The first-order chi connectivity index (χ1) is 14.1. The van der Waals surface area contributed by atoms with Crippen LogP contribution in [0.2, 0.25) is 5.02 Å². The van der Waals surface area contributed by atoms with Crippen LogP contribution >= 0.6 is 27.5 Å². The smallest absolute Gasteiger partial charge is 0.162 e. The van der Waals surface area contributed by atoms with Crippen LogP contribution in [0.1, 0.15) is 16.7 Å². The topological polar surface area (TPSA) is 39.7 Å². The number of nitrogens with one attached hydrogen (secondary N) is 1. The highest BCUT2D eigenvalue weighted by molar-refractivity contribution is 9.10. The second kappa shape index (κ2) is 10.5. The Balaban J connectivity index is 1.63. The quantitative estimate of drug-likeness (QED) is 0.412. The third kappa shape index (κ3) is 5.89. The van der Waals surface area contributed by atoms with Gasteiger partial charge in [0.25, 0.3) is 0 Å². The molecule has 152 valence electrons. The first-order valence-electron chi connectivity index (χ1n) is 9.17. The van der Waals surface area contributed by atoms with Crippen molar-refractivity contribution in [3.8, 4) is 17.2 Å². The first-order valence-corrected chi connectivity index (χ1v) is 10.3. The molecule has 0 heterocycles. The van der Waals surface area contributed by atoms with Crippen molar-refractivity contribution in [1.82, 2.24) is 5.32 Å². The van der Waals surface area contributed by atoms with Crippen molar-refractivity contribution in [2.24, 2.45) is 0 Å². The van der Waals surface area contributed by atoms with E-state index < -0.39 is 0 Å². The third-order valence-corrected chi connectivity index (χ3v) is 5.58. The van der Waals surface area contributed by atoms with Crippen LogP contribution in [0.4, 0.5) is 0 Å². The van der Waals surface area contributed by atoms with Gasteiger partial charge in [0.2, 0.25) is 0 Å². The Morgan fingerprint density at radius 3 is 2.31 bits per heavy atom. The van der Waals surface area contributed by atoms with E-state index in [1.165, 1.54) is 5.56 Å². The maximum atomic E-state index is 6.21. The normalized spacial score (nSPS) is 10.6. The molecule has 0 fully saturated rings.